The van der Waals surface area contributed by atoms with Crippen LogP contribution in [0.3, 0.4) is 0 Å². The van der Waals surface area contributed by atoms with E-state index < -0.39 is 0 Å². The monoisotopic (exact) mass is 337 g/mol. The predicted molar refractivity (Wildman–Crippen MR) is 79.5 cm³/mol. The molecule has 0 amide bonds. The molecule has 20 heavy (non-hydrogen) atoms. The maximum atomic E-state index is 12.7. The van der Waals surface area contributed by atoms with Crippen molar-refractivity contribution in [3.8, 4) is 5.75 Å². The quantitative estimate of drug-likeness (QED) is 0.606. The van der Waals surface area contributed by atoms with Crippen molar-refractivity contribution in [1.82, 2.24) is 0 Å². The van der Waals surface area contributed by atoms with Gasteiger partial charge in [-0.25, -0.2) is 4.39 Å². The van der Waals surface area contributed by atoms with Crippen LogP contribution in [-0.2, 0) is 11.4 Å². The van der Waals surface area contributed by atoms with Crippen molar-refractivity contribution in [3.05, 3.63) is 63.9 Å². The van der Waals surface area contributed by atoms with E-state index >= 15 is 0 Å². The molecule has 0 heterocycles. The van der Waals surface area contributed by atoms with Gasteiger partial charge in [-0.2, -0.15) is 0 Å². The largest absolute Gasteiger partial charge is 0.496 e. The van der Waals surface area contributed by atoms with E-state index in [1.165, 1.54) is 18.3 Å². The lowest BCUT2D eigenvalue weighted by Crippen LogP contribution is -1.94. The summed E-state index contributed by atoms with van der Waals surface area (Å²) in [7, 11) is 1.61. The summed E-state index contributed by atoms with van der Waals surface area (Å²) in [5, 5.41) is 3.85. The van der Waals surface area contributed by atoms with Gasteiger partial charge in [-0.15, -0.1) is 0 Å². The van der Waals surface area contributed by atoms with E-state index in [4.69, 9.17) is 9.57 Å². The second-order valence-corrected chi connectivity index (χ2v) is 4.93. The third-order valence-corrected chi connectivity index (χ3v) is 3.10. The lowest BCUT2D eigenvalue weighted by molar-refractivity contribution is 0.130. The van der Waals surface area contributed by atoms with Gasteiger partial charge < -0.3 is 9.57 Å². The smallest absolute Gasteiger partial charge is 0.145 e. The minimum absolute atomic E-state index is 0.276. The standard InChI is InChI=1S/C15H13BrFNO2/c1-19-15-7-4-13(16)8-12(15)10-20-18-9-11-2-5-14(17)6-3-11/h2-9H,10H2,1H3/b18-9+. The number of oxime groups is 1. The molecule has 5 heteroatoms. The Kier molecular flexibility index (Phi) is 5.12. The highest BCUT2D eigenvalue weighted by Gasteiger charge is 2.03. The number of ether oxygens (including phenoxy) is 1. The maximum absolute atomic E-state index is 12.7. The number of methoxy groups -OCH3 is 1. The highest BCUT2D eigenvalue weighted by atomic mass is 79.9. The van der Waals surface area contributed by atoms with Gasteiger partial charge in [0.15, 0.2) is 0 Å². The molecule has 0 saturated heterocycles. The van der Waals surface area contributed by atoms with Crippen LogP contribution in [0.4, 0.5) is 4.39 Å². The van der Waals surface area contributed by atoms with Crippen LogP contribution in [0.1, 0.15) is 11.1 Å². The molecule has 2 aromatic rings. The fourth-order valence-electron chi connectivity index (χ4n) is 1.61. The van der Waals surface area contributed by atoms with E-state index in [0.29, 0.717) is 6.61 Å². The molecule has 0 fully saturated rings. The Hall–Kier alpha value is -1.88. The van der Waals surface area contributed by atoms with Crippen LogP contribution in [0, 0.1) is 5.82 Å². The van der Waals surface area contributed by atoms with E-state index in [9.17, 15) is 4.39 Å². The second-order valence-electron chi connectivity index (χ2n) is 4.02. The highest BCUT2D eigenvalue weighted by Crippen LogP contribution is 2.23. The van der Waals surface area contributed by atoms with Crippen LogP contribution in [0.15, 0.2) is 52.1 Å². The van der Waals surface area contributed by atoms with Crippen molar-refractivity contribution in [2.24, 2.45) is 5.16 Å². The molecule has 0 aliphatic rings. The normalized spacial score (nSPS) is 10.8. The molecule has 0 atom stereocenters. The van der Waals surface area contributed by atoms with E-state index in [2.05, 4.69) is 21.1 Å². The fraction of sp³-hybridized carbons (Fsp3) is 0.133. The van der Waals surface area contributed by atoms with Crippen molar-refractivity contribution in [1.29, 1.82) is 0 Å². The molecule has 0 N–H and O–H groups in total. The Labute approximate surface area is 125 Å². The molecule has 0 aliphatic carbocycles. The van der Waals surface area contributed by atoms with Gasteiger partial charge in [0.25, 0.3) is 0 Å². The molecule has 0 aromatic heterocycles. The maximum Gasteiger partial charge on any atom is 0.145 e. The minimum atomic E-state index is -0.276. The highest BCUT2D eigenvalue weighted by molar-refractivity contribution is 9.10. The summed E-state index contributed by atoms with van der Waals surface area (Å²) in [6, 6.07) is 11.7. The minimum Gasteiger partial charge on any atom is -0.496 e. The van der Waals surface area contributed by atoms with Gasteiger partial charge in [0.05, 0.1) is 13.3 Å². The van der Waals surface area contributed by atoms with Crippen LogP contribution < -0.4 is 4.74 Å². The van der Waals surface area contributed by atoms with E-state index in [0.717, 1.165) is 21.3 Å². The van der Waals surface area contributed by atoms with Crippen molar-refractivity contribution in [2.45, 2.75) is 6.61 Å². The molecule has 0 spiro atoms. The van der Waals surface area contributed by atoms with Crippen LogP contribution >= 0.6 is 15.9 Å². The van der Waals surface area contributed by atoms with E-state index in [1.54, 1.807) is 19.2 Å². The number of benzene rings is 2. The number of hydrogen-bond acceptors (Lipinski definition) is 3. The predicted octanol–water partition coefficient (Wildman–Crippen LogP) is 4.15. The number of nitrogens with zero attached hydrogens (tertiary/aromatic N) is 1. The lowest BCUT2D eigenvalue weighted by Gasteiger charge is -2.07. The zero-order chi connectivity index (χ0) is 14.4. The lowest BCUT2D eigenvalue weighted by atomic mass is 10.2. The van der Waals surface area contributed by atoms with Crippen LogP contribution in [0.5, 0.6) is 5.75 Å². The van der Waals surface area contributed by atoms with Crippen molar-refractivity contribution >= 4 is 22.1 Å². The molecule has 0 saturated carbocycles. The average Bonchev–Trinajstić information content (AvgIpc) is 2.46. The summed E-state index contributed by atoms with van der Waals surface area (Å²) in [4.78, 5) is 5.23. The van der Waals surface area contributed by atoms with E-state index in [-0.39, 0.29) is 5.82 Å². The molecular formula is C15H13BrFNO2. The molecule has 0 radical (unpaired) electrons. The number of hydrogen-bond donors (Lipinski definition) is 0. The van der Waals surface area contributed by atoms with Gasteiger partial charge in [0, 0.05) is 10.0 Å². The van der Waals surface area contributed by atoms with Gasteiger partial charge in [-0.05, 0) is 35.9 Å². The average molecular weight is 338 g/mol. The third-order valence-electron chi connectivity index (χ3n) is 2.61. The van der Waals surface area contributed by atoms with Crippen molar-refractivity contribution in [3.63, 3.8) is 0 Å². The zero-order valence-corrected chi connectivity index (χ0v) is 12.4. The van der Waals surface area contributed by atoms with Crippen LogP contribution in [0.25, 0.3) is 0 Å². The summed E-state index contributed by atoms with van der Waals surface area (Å²) in [6.45, 7) is 0.292. The molecule has 2 rings (SSSR count). The van der Waals surface area contributed by atoms with E-state index in [1.807, 2.05) is 18.2 Å². The molecule has 104 valence electrons. The Morgan fingerprint density at radius 2 is 1.95 bits per heavy atom. The number of rotatable bonds is 5. The molecular weight excluding hydrogens is 325 g/mol. The van der Waals surface area contributed by atoms with Gasteiger partial charge in [-0.1, -0.05) is 33.2 Å². The van der Waals surface area contributed by atoms with Gasteiger partial charge >= 0.3 is 0 Å². The Bertz CT molecular complexity index is 599. The topological polar surface area (TPSA) is 30.8 Å². The molecule has 0 bridgehead atoms. The molecule has 0 unspecified atom stereocenters. The first-order chi connectivity index (χ1) is 9.69. The Balaban J connectivity index is 1.95. The van der Waals surface area contributed by atoms with Crippen LogP contribution in [0.2, 0.25) is 0 Å². The summed E-state index contributed by atoms with van der Waals surface area (Å²) in [6.07, 6.45) is 1.53. The summed E-state index contributed by atoms with van der Waals surface area (Å²) in [5.74, 6) is 0.465. The summed E-state index contributed by atoms with van der Waals surface area (Å²) < 4.78 is 18.9. The van der Waals surface area contributed by atoms with Gasteiger partial charge in [0.2, 0.25) is 0 Å². The first-order valence-corrected chi connectivity index (χ1v) is 6.71. The molecule has 2 aromatic carbocycles. The molecule has 0 aliphatic heterocycles. The first kappa shape index (κ1) is 14.5. The van der Waals surface area contributed by atoms with Gasteiger partial charge in [0.1, 0.15) is 18.2 Å². The van der Waals surface area contributed by atoms with Gasteiger partial charge in [-0.3, -0.25) is 0 Å². The Morgan fingerprint density at radius 1 is 1.20 bits per heavy atom. The summed E-state index contributed by atoms with van der Waals surface area (Å²) >= 11 is 3.39. The Morgan fingerprint density at radius 3 is 2.65 bits per heavy atom. The SMILES string of the molecule is COc1ccc(Br)cc1CO/N=C/c1ccc(F)cc1. The zero-order valence-electron chi connectivity index (χ0n) is 10.8. The summed E-state index contributed by atoms with van der Waals surface area (Å²) in [5.41, 5.74) is 1.66. The third kappa shape index (κ3) is 4.06. The number of halogens is 2. The van der Waals surface area contributed by atoms with Crippen LogP contribution in [-0.4, -0.2) is 13.3 Å². The second kappa shape index (κ2) is 7.05. The van der Waals surface area contributed by atoms with Crippen molar-refractivity contribution in [2.75, 3.05) is 7.11 Å². The first-order valence-electron chi connectivity index (χ1n) is 5.92. The molecule has 3 nitrogen and oxygen atoms in total. The fourth-order valence-corrected chi connectivity index (χ4v) is 2.02. The van der Waals surface area contributed by atoms with Crippen molar-refractivity contribution < 1.29 is 14.0 Å².